The highest BCUT2D eigenvalue weighted by Crippen LogP contribution is 2.34. The van der Waals surface area contributed by atoms with Gasteiger partial charge in [-0.1, -0.05) is 47.8 Å². The lowest BCUT2D eigenvalue weighted by atomic mass is 10.5. The van der Waals surface area contributed by atoms with Crippen molar-refractivity contribution < 1.29 is 4.79 Å². The van der Waals surface area contributed by atoms with E-state index in [2.05, 4.69) is 47.8 Å². The van der Waals surface area contributed by atoms with E-state index in [1.54, 1.807) is 0 Å². The summed E-state index contributed by atoms with van der Waals surface area (Å²) in [6.45, 7) is 0. The van der Waals surface area contributed by atoms with Crippen LogP contribution in [0.3, 0.4) is 0 Å². The maximum atomic E-state index is 10.6. The van der Waals surface area contributed by atoms with Gasteiger partial charge < -0.3 is 0 Å². The normalized spacial score (nSPS) is 11.5. The molecule has 0 spiro atoms. The van der Waals surface area contributed by atoms with Gasteiger partial charge in [-0.25, -0.2) is 0 Å². The Morgan fingerprint density at radius 1 is 1.50 bits per heavy atom. The van der Waals surface area contributed by atoms with Gasteiger partial charge in [0.1, 0.15) is 0 Å². The van der Waals surface area contributed by atoms with Crippen LogP contribution in [0.2, 0.25) is 0 Å². The van der Waals surface area contributed by atoms with Gasteiger partial charge in [0.15, 0.2) is 7.93 Å². The Morgan fingerprint density at radius 3 is 1.88 bits per heavy atom. The molecule has 0 atom stereocenters. The third-order valence-corrected chi connectivity index (χ3v) is 2.01. The molecule has 5 heteroatoms. The largest absolute Gasteiger partial charge is 0.295 e. The van der Waals surface area contributed by atoms with E-state index in [4.69, 9.17) is 11.6 Å². The number of rotatable bonds is 1. The molecule has 0 aliphatic rings. The molecule has 0 heterocycles. The molecular formula is C3H2Br3ClO. The van der Waals surface area contributed by atoms with Crippen LogP contribution < -0.4 is 0 Å². The Morgan fingerprint density at radius 2 is 1.88 bits per heavy atom. The minimum absolute atomic E-state index is 0.0122. The molecule has 0 fully saturated rings. The Labute approximate surface area is 77.5 Å². The number of alkyl halides is 4. The Hall–Kier alpha value is 1.40. The first-order chi connectivity index (χ1) is 3.48. The summed E-state index contributed by atoms with van der Waals surface area (Å²) < 4.78 is -0.825. The monoisotopic (exact) mass is 326 g/mol. The molecule has 0 aromatic rings. The maximum Gasteiger partial charge on any atom is 0.193 e. The molecule has 0 radical (unpaired) electrons. The van der Waals surface area contributed by atoms with Crippen molar-refractivity contribution in [3.05, 3.63) is 0 Å². The molecule has 0 bridgehead atoms. The van der Waals surface area contributed by atoms with Gasteiger partial charge in [-0.2, -0.15) is 0 Å². The number of ketones is 1. The van der Waals surface area contributed by atoms with Crippen molar-refractivity contribution in [1.29, 1.82) is 0 Å². The molecule has 0 aromatic heterocycles. The van der Waals surface area contributed by atoms with Crippen molar-refractivity contribution in [3.63, 3.8) is 0 Å². The zero-order chi connectivity index (χ0) is 6.78. The predicted octanol–water partition coefficient (Wildman–Crippen LogP) is 2.63. The number of hydrogen-bond donors (Lipinski definition) is 0. The van der Waals surface area contributed by atoms with E-state index in [0.717, 1.165) is 0 Å². The Balaban J connectivity index is 3.82. The van der Waals surface area contributed by atoms with Crippen LogP contribution in [0.4, 0.5) is 0 Å². The van der Waals surface area contributed by atoms with Crippen LogP contribution in [0.1, 0.15) is 0 Å². The fourth-order valence-corrected chi connectivity index (χ4v) is 1.18. The molecule has 0 amide bonds. The molecule has 1 nitrogen and oxygen atoms in total. The van der Waals surface area contributed by atoms with E-state index >= 15 is 0 Å². The van der Waals surface area contributed by atoms with Gasteiger partial charge in [-0.3, -0.25) is 4.79 Å². The zero-order valence-corrected chi connectivity index (χ0v) is 9.14. The third kappa shape index (κ3) is 3.43. The lowest BCUT2D eigenvalue weighted by molar-refractivity contribution is -0.115. The number of carbonyl (C=O) groups is 1. The fraction of sp³-hybridized carbons (Fsp3) is 0.667. The van der Waals surface area contributed by atoms with Gasteiger partial charge in [0.05, 0.1) is 5.88 Å². The summed E-state index contributed by atoms with van der Waals surface area (Å²) in [5, 5.41) is 0. The average Bonchev–Trinajstić information content (AvgIpc) is 1.62. The highest BCUT2D eigenvalue weighted by Gasteiger charge is 2.26. The summed E-state index contributed by atoms with van der Waals surface area (Å²) in [7, 11) is 0. The number of halogens is 4. The van der Waals surface area contributed by atoms with Crippen molar-refractivity contribution in [1.82, 2.24) is 0 Å². The Kier molecular flexibility index (Phi) is 4.16. The molecule has 0 aliphatic heterocycles. The number of carbonyl (C=O) groups excluding carboxylic acids is 1. The van der Waals surface area contributed by atoms with Gasteiger partial charge in [0.25, 0.3) is 0 Å². The molecule has 0 N–H and O–H groups in total. The summed E-state index contributed by atoms with van der Waals surface area (Å²) in [4.78, 5) is 10.6. The van der Waals surface area contributed by atoms with Crippen molar-refractivity contribution in [3.8, 4) is 0 Å². The molecule has 0 rings (SSSR count). The van der Waals surface area contributed by atoms with Crippen LogP contribution in [-0.4, -0.2) is 13.8 Å². The predicted molar refractivity (Wildman–Crippen MR) is 45.2 cm³/mol. The van der Waals surface area contributed by atoms with Crippen molar-refractivity contribution in [2.45, 2.75) is 2.14 Å². The molecule has 0 unspecified atom stereocenters. The van der Waals surface area contributed by atoms with Crippen LogP contribution in [-0.2, 0) is 4.79 Å². The summed E-state index contributed by atoms with van der Waals surface area (Å²) in [5.74, 6) is -0.166. The zero-order valence-electron chi connectivity index (χ0n) is 3.63. The van der Waals surface area contributed by atoms with Crippen LogP contribution in [0.25, 0.3) is 0 Å². The molecule has 0 aliphatic carbocycles. The molecule has 0 saturated carbocycles. The second-order valence-electron chi connectivity index (χ2n) is 1.05. The van der Waals surface area contributed by atoms with E-state index in [1.807, 2.05) is 0 Å². The van der Waals surface area contributed by atoms with Crippen LogP contribution in [0.15, 0.2) is 0 Å². The first-order valence-corrected chi connectivity index (χ1v) is 4.56. The SMILES string of the molecule is O=C(CCl)C(Br)(Br)Br. The van der Waals surface area contributed by atoms with Gasteiger partial charge in [-0.05, 0) is 0 Å². The van der Waals surface area contributed by atoms with Crippen molar-refractivity contribution >= 4 is 65.2 Å². The van der Waals surface area contributed by atoms with E-state index in [0.29, 0.717) is 0 Å². The summed E-state index contributed by atoms with van der Waals surface area (Å²) in [5.41, 5.74) is 0. The van der Waals surface area contributed by atoms with E-state index < -0.39 is 2.14 Å². The number of hydrogen-bond acceptors (Lipinski definition) is 1. The molecule has 0 saturated heterocycles. The Bertz CT molecular complexity index is 97.2. The minimum Gasteiger partial charge on any atom is -0.295 e. The third-order valence-electron chi connectivity index (χ3n) is 0.438. The van der Waals surface area contributed by atoms with Gasteiger partial charge in [0.2, 0.25) is 0 Å². The molecular weight excluding hydrogens is 327 g/mol. The van der Waals surface area contributed by atoms with Crippen molar-refractivity contribution in [2.24, 2.45) is 0 Å². The standard InChI is InChI=1S/C3H2Br3ClO/c4-3(5,6)2(8)1-7/h1H2. The van der Waals surface area contributed by atoms with Gasteiger partial charge >= 0.3 is 0 Å². The molecule has 8 heavy (non-hydrogen) atoms. The van der Waals surface area contributed by atoms with Crippen LogP contribution >= 0.6 is 59.4 Å². The van der Waals surface area contributed by atoms with Gasteiger partial charge in [0, 0.05) is 0 Å². The highest BCUT2D eigenvalue weighted by molar-refractivity contribution is 9.40. The average molecular weight is 329 g/mol. The second kappa shape index (κ2) is 3.54. The van der Waals surface area contributed by atoms with E-state index in [1.165, 1.54) is 0 Å². The summed E-state index contributed by atoms with van der Waals surface area (Å²) in [6, 6.07) is 0. The highest BCUT2D eigenvalue weighted by atomic mass is 80.0. The van der Waals surface area contributed by atoms with Crippen LogP contribution in [0, 0.1) is 0 Å². The summed E-state index contributed by atoms with van der Waals surface area (Å²) in [6.07, 6.45) is 0. The van der Waals surface area contributed by atoms with E-state index in [-0.39, 0.29) is 11.7 Å². The molecule has 0 aromatic carbocycles. The molecule has 48 valence electrons. The summed E-state index contributed by atoms with van der Waals surface area (Å²) >= 11 is 14.2. The van der Waals surface area contributed by atoms with Gasteiger partial charge in [-0.15, -0.1) is 11.6 Å². The second-order valence-corrected chi connectivity index (χ2v) is 8.08. The lowest BCUT2D eigenvalue weighted by Crippen LogP contribution is -2.17. The van der Waals surface area contributed by atoms with Crippen molar-refractivity contribution in [2.75, 3.05) is 5.88 Å². The van der Waals surface area contributed by atoms with Crippen LogP contribution in [0.5, 0.6) is 0 Å². The minimum atomic E-state index is -0.825. The topological polar surface area (TPSA) is 17.1 Å². The maximum absolute atomic E-state index is 10.6. The first-order valence-electron chi connectivity index (χ1n) is 1.64. The van der Waals surface area contributed by atoms with E-state index in [9.17, 15) is 4.79 Å². The lowest BCUT2D eigenvalue weighted by Gasteiger charge is -2.05. The quantitative estimate of drug-likeness (QED) is 0.676. The number of Topliss-reactive ketones (excluding diaryl/α,β-unsaturated/α-hetero) is 1. The fourth-order valence-electron chi connectivity index (χ4n) is 0.0758. The smallest absolute Gasteiger partial charge is 0.193 e. The first kappa shape index (κ1) is 9.40.